The van der Waals surface area contributed by atoms with E-state index in [9.17, 15) is 9.59 Å². The first-order valence-electron chi connectivity index (χ1n) is 11.5. The van der Waals surface area contributed by atoms with Gasteiger partial charge in [-0.2, -0.15) is 0 Å². The molecule has 0 spiro atoms. The lowest BCUT2D eigenvalue weighted by molar-refractivity contribution is -0.121. The number of ether oxygens (including phenoxy) is 2. The molecule has 1 fully saturated rings. The summed E-state index contributed by atoms with van der Waals surface area (Å²) in [5.74, 6) is 0.810. The summed E-state index contributed by atoms with van der Waals surface area (Å²) in [6, 6.07) is 13.6. The lowest BCUT2D eigenvalue weighted by Crippen LogP contribution is -2.45. The van der Waals surface area contributed by atoms with Crippen LogP contribution >= 0.6 is 0 Å². The third kappa shape index (κ3) is 6.00. The van der Waals surface area contributed by atoms with E-state index < -0.39 is 0 Å². The normalized spacial score (nSPS) is 16.7. The smallest absolute Gasteiger partial charge is 0.265 e. The van der Waals surface area contributed by atoms with Crippen LogP contribution in [-0.2, 0) is 14.3 Å². The highest BCUT2D eigenvalue weighted by Crippen LogP contribution is 2.34. The monoisotopic (exact) mass is 449 g/mol. The van der Waals surface area contributed by atoms with Crippen LogP contribution < -0.4 is 15.0 Å². The number of rotatable bonds is 7. The number of nitrogens with one attached hydrogen (secondary N) is 1. The Bertz CT molecular complexity index is 1010. The highest BCUT2D eigenvalue weighted by Gasteiger charge is 2.26. The molecular weight excluding hydrogens is 418 g/mol. The van der Waals surface area contributed by atoms with Crippen LogP contribution in [0.5, 0.6) is 5.75 Å². The van der Waals surface area contributed by atoms with Crippen LogP contribution in [0.2, 0.25) is 0 Å². The van der Waals surface area contributed by atoms with Crippen LogP contribution in [0.15, 0.2) is 48.5 Å². The first-order valence-corrected chi connectivity index (χ1v) is 11.5. The van der Waals surface area contributed by atoms with Crippen molar-refractivity contribution in [1.82, 2.24) is 4.90 Å². The van der Waals surface area contributed by atoms with Gasteiger partial charge in [-0.05, 0) is 41.3 Å². The second kappa shape index (κ2) is 10.6. The Morgan fingerprint density at radius 3 is 2.58 bits per heavy atom. The molecule has 7 heteroatoms. The largest absolute Gasteiger partial charge is 0.482 e. The summed E-state index contributed by atoms with van der Waals surface area (Å²) in [5, 5.41) is 2.89. The molecule has 0 saturated carbocycles. The van der Waals surface area contributed by atoms with E-state index in [0.717, 1.165) is 38.4 Å². The van der Waals surface area contributed by atoms with Crippen molar-refractivity contribution in [3.63, 3.8) is 0 Å². The molecule has 0 aliphatic carbocycles. The summed E-state index contributed by atoms with van der Waals surface area (Å²) in [6.45, 7) is 8.85. The van der Waals surface area contributed by atoms with Crippen molar-refractivity contribution >= 4 is 29.3 Å². The molecule has 1 N–H and O–H groups in total. The number of nitrogens with zero attached hydrogens (tertiary/aromatic N) is 2. The van der Waals surface area contributed by atoms with Crippen molar-refractivity contribution in [2.75, 3.05) is 56.2 Å². The van der Waals surface area contributed by atoms with E-state index in [1.807, 2.05) is 12.1 Å². The zero-order valence-electron chi connectivity index (χ0n) is 19.3. The van der Waals surface area contributed by atoms with Crippen LogP contribution in [0, 0.1) is 0 Å². The number of fused-ring (bicyclic) bond motifs is 1. The van der Waals surface area contributed by atoms with Crippen LogP contribution in [0.4, 0.5) is 11.4 Å². The molecule has 2 aliphatic heterocycles. The van der Waals surface area contributed by atoms with Crippen molar-refractivity contribution in [3.05, 3.63) is 59.7 Å². The Morgan fingerprint density at radius 1 is 1.09 bits per heavy atom. The number of anilines is 2. The van der Waals surface area contributed by atoms with Gasteiger partial charge in [-0.3, -0.25) is 14.5 Å². The standard InChI is InChI=1S/C26H31N3O4/c1-19(2)21-6-3-20(4-7-21)5-10-25(30)27-22-8-9-24-23(17-22)29(26(31)18-33-24)12-11-28-13-15-32-16-14-28/h3-10,17,19H,11-16,18H2,1-2H3,(H,27,30)/b10-5+. The topological polar surface area (TPSA) is 71.1 Å². The molecule has 0 radical (unpaired) electrons. The van der Waals surface area contributed by atoms with E-state index in [1.165, 1.54) is 11.6 Å². The highest BCUT2D eigenvalue weighted by atomic mass is 16.5. The number of carbonyl (C=O) groups excluding carboxylic acids is 2. The number of amides is 2. The molecule has 0 atom stereocenters. The number of hydrogen-bond acceptors (Lipinski definition) is 5. The fraction of sp³-hybridized carbons (Fsp3) is 0.385. The van der Waals surface area contributed by atoms with Crippen molar-refractivity contribution in [3.8, 4) is 5.75 Å². The SMILES string of the molecule is CC(C)c1ccc(/C=C/C(=O)Nc2ccc3c(c2)N(CCN2CCOCC2)C(=O)CO3)cc1. The van der Waals surface area contributed by atoms with Crippen molar-refractivity contribution in [2.45, 2.75) is 19.8 Å². The Hall–Kier alpha value is -3.16. The van der Waals surface area contributed by atoms with E-state index in [2.05, 4.69) is 36.2 Å². The molecule has 2 aliphatic rings. The third-order valence-electron chi connectivity index (χ3n) is 5.94. The fourth-order valence-corrected chi connectivity index (χ4v) is 3.94. The molecule has 0 unspecified atom stereocenters. The van der Waals surface area contributed by atoms with E-state index in [0.29, 0.717) is 29.6 Å². The van der Waals surface area contributed by atoms with Gasteiger partial charge in [0, 0.05) is 37.9 Å². The van der Waals surface area contributed by atoms with Gasteiger partial charge >= 0.3 is 0 Å². The summed E-state index contributed by atoms with van der Waals surface area (Å²) in [7, 11) is 0. The molecular formula is C26H31N3O4. The lowest BCUT2D eigenvalue weighted by Gasteiger charge is -2.33. The molecule has 2 amide bonds. The Morgan fingerprint density at radius 2 is 1.85 bits per heavy atom. The van der Waals surface area contributed by atoms with Gasteiger partial charge < -0.3 is 19.7 Å². The van der Waals surface area contributed by atoms with E-state index in [1.54, 1.807) is 29.2 Å². The third-order valence-corrected chi connectivity index (χ3v) is 5.94. The zero-order valence-corrected chi connectivity index (χ0v) is 19.3. The Labute approximate surface area is 195 Å². The Kier molecular flexibility index (Phi) is 7.42. The highest BCUT2D eigenvalue weighted by molar-refractivity contribution is 6.03. The lowest BCUT2D eigenvalue weighted by atomic mass is 10.0. The van der Waals surface area contributed by atoms with Gasteiger partial charge in [-0.1, -0.05) is 38.1 Å². The van der Waals surface area contributed by atoms with Crippen LogP contribution in [0.25, 0.3) is 6.08 Å². The minimum absolute atomic E-state index is 0.0279. The summed E-state index contributed by atoms with van der Waals surface area (Å²) in [4.78, 5) is 29.1. The van der Waals surface area contributed by atoms with Gasteiger partial charge in [0.25, 0.3) is 5.91 Å². The molecule has 1 saturated heterocycles. The number of hydrogen-bond donors (Lipinski definition) is 1. The van der Waals surface area contributed by atoms with Gasteiger partial charge in [0.2, 0.25) is 5.91 Å². The zero-order chi connectivity index (χ0) is 23.2. The number of morpholine rings is 1. The van der Waals surface area contributed by atoms with Gasteiger partial charge in [0.1, 0.15) is 5.75 Å². The fourth-order valence-electron chi connectivity index (χ4n) is 3.94. The summed E-state index contributed by atoms with van der Waals surface area (Å²) < 4.78 is 11.0. The predicted octanol–water partition coefficient (Wildman–Crippen LogP) is 3.52. The molecule has 2 heterocycles. The minimum Gasteiger partial charge on any atom is -0.482 e. The molecule has 174 valence electrons. The van der Waals surface area contributed by atoms with Crippen LogP contribution in [0.1, 0.15) is 30.9 Å². The second-order valence-corrected chi connectivity index (χ2v) is 8.61. The number of carbonyl (C=O) groups is 2. The van der Waals surface area contributed by atoms with Gasteiger partial charge in [0.05, 0.1) is 18.9 Å². The molecule has 2 aromatic carbocycles. The number of benzene rings is 2. The molecule has 4 rings (SSSR count). The first-order chi connectivity index (χ1) is 16.0. The van der Waals surface area contributed by atoms with Gasteiger partial charge in [-0.15, -0.1) is 0 Å². The van der Waals surface area contributed by atoms with E-state index in [4.69, 9.17) is 9.47 Å². The summed E-state index contributed by atoms with van der Waals surface area (Å²) >= 11 is 0. The molecule has 33 heavy (non-hydrogen) atoms. The molecule has 2 aromatic rings. The van der Waals surface area contributed by atoms with Gasteiger partial charge in [-0.25, -0.2) is 0 Å². The van der Waals surface area contributed by atoms with Crippen molar-refractivity contribution in [2.24, 2.45) is 0 Å². The van der Waals surface area contributed by atoms with Crippen molar-refractivity contribution < 1.29 is 19.1 Å². The second-order valence-electron chi connectivity index (χ2n) is 8.61. The maximum absolute atomic E-state index is 12.5. The van der Waals surface area contributed by atoms with E-state index in [-0.39, 0.29) is 18.4 Å². The molecule has 0 aromatic heterocycles. The molecule has 7 nitrogen and oxygen atoms in total. The summed E-state index contributed by atoms with van der Waals surface area (Å²) in [5.41, 5.74) is 3.53. The van der Waals surface area contributed by atoms with Crippen LogP contribution in [0.3, 0.4) is 0 Å². The minimum atomic E-state index is -0.231. The van der Waals surface area contributed by atoms with Gasteiger partial charge in [0.15, 0.2) is 6.61 Å². The predicted molar refractivity (Wildman–Crippen MR) is 130 cm³/mol. The average molecular weight is 450 g/mol. The first kappa shape index (κ1) is 23.0. The van der Waals surface area contributed by atoms with Crippen molar-refractivity contribution in [1.29, 1.82) is 0 Å². The quantitative estimate of drug-likeness (QED) is 0.655. The summed E-state index contributed by atoms with van der Waals surface area (Å²) in [6.07, 6.45) is 3.31. The average Bonchev–Trinajstić information content (AvgIpc) is 2.83. The maximum atomic E-state index is 12.5. The Balaban J connectivity index is 1.41. The van der Waals surface area contributed by atoms with Crippen LogP contribution in [-0.4, -0.2) is 62.7 Å². The molecule has 0 bridgehead atoms. The maximum Gasteiger partial charge on any atom is 0.265 e. The van der Waals surface area contributed by atoms with E-state index >= 15 is 0 Å².